The van der Waals surface area contributed by atoms with Gasteiger partial charge in [-0.05, 0) is 35.0 Å². The van der Waals surface area contributed by atoms with Crippen LogP contribution in [-0.2, 0) is 4.74 Å². The number of benzene rings is 1. The maximum Gasteiger partial charge on any atom is 0.338 e. The Morgan fingerprint density at radius 1 is 1.48 bits per heavy atom. The molecule has 114 valence electrons. The Bertz CT molecular complexity index is 687. The first-order chi connectivity index (χ1) is 9.99. The molecule has 9 heteroatoms. The van der Waals surface area contributed by atoms with Crippen LogP contribution in [0.4, 0.5) is 5.69 Å². The molecule has 0 saturated heterocycles. The van der Waals surface area contributed by atoms with Crippen molar-refractivity contribution in [1.29, 1.82) is 0 Å². The number of hydrogen-bond acceptors (Lipinski definition) is 5. The molecular formula is C12H15IN3O4P. The van der Waals surface area contributed by atoms with Crippen LogP contribution < -0.4 is 0 Å². The average molecular weight is 423 g/mol. The predicted octanol–water partition coefficient (Wildman–Crippen LogP) is 3.86. The minimum Gasteiger partial charge on any atom is -0.465 e. The number of methoxy groups -OCH3 is 1. The number of aromatic nitrogens is 2. The van der Waals surface area contributed by atoms with E-state index in [0.29, 0.717) is 16.6 Å². The molecule has 0 N–H and O–H groups in total. The molecular weight excluding hydrogens is 408 g/mol. The van der Waals surface area contributed by atoms with Gasteiger partial charge in [-0.2, -0.15) is 5.10 Å². The van der Waals surface area contributed by atoms with Crippen molar-refractivity contribution in [3.05, 3.63) is 33.5 Å². The summed E-state index contributed by atoms with van der Waals surface area (Å²) in [6.45, 7) is 5.71. The number of nitro benzene ring substituents is 1. The van der Waals surface area contributed by atoms with Crippen LogP contribution in [0.25, 0.3) is 10.9 Å². The SMILES string of the molecule is CC.COC(=O)c1cc([N+](=O)[O-])c2c(C)nn(PI)c2c1. The van der Waals surface area contributed by atoms with E-state index in [0.717, 1.165) is 0 Å². The summed E-state index contributed by atoms with van der Waals surface area (Å²) in [5.41, 5.74) is 1.16. The Morgan fingerprint density at radius 3 is 2.57 bits per heavy atom. The number of fused-ring (bicyclic) bond motifs is 1. The van der Waals surface area contributed by atoms with Crippen LogP contribution in [-0.4, -0.2) is 27.6 Å². The number of carbonyl (C=O) groups excluding carboxylic acids is 1. The number of non-ortho nitro benzene ring substituents is 1. The fourth-order valence-corrected chi connectivity index (χ4v) is 3.41. The van der Waals surface area contributed by atoms with Gasteiger partial charge in [0.2, 0.25) is 0 Å². The molecule has 21 heavy (non-hydrogen) atoms. The fraction of sp³-hybridized carbons (Fsp3) is 0.333. The summed E-state index contributed by atoms with van der Waals surface area (Å²) < 4.78 is 6.25. The number of rotatable bonds is 3. The summed E-state index contributed by atoms with van der Waals surface area (Å²) in [7, 11) is 1.24. The van der Waals surface area contributed by atoms with Crippen molar-refractivity contribution < 1.29 is 14.5 Å². The fourth-order valence-electron chi connectivity index (χ4n) is 1.85. The molecule has 0 radical (unpaired) electrons. The molecule has 1 aromatic heterocycles. The molecule has 0 amide bonds. The standard InChI is InChI=1S/C10H9IN3O4P.C2H6/c1-5-9-7(13(12-5)19-11)3-6(10(15)18-2)4-8(9)14(16)17;1-2/h3-4,19H,1-2H3;1-2H3. The van der Waals surface area contributed by atoms with Crippen LogP contribution in [0.2, 0.25) is 0 Å². The number of nitro groups is 1. The maximum atomic E-state index is 11.6. The quantitative estimate of drug-likeness (QED) is 0.246. The Balaban J connectivity index is 0.00000106. The lowest BCUT2D eigenvalue weighted by molar-refractivity contribution is -0.383. The van der Waals surface area contributed by atoms with Crippen LogP contribution in [0.15, 0.2) is 12.1 Å². The van der Waals surface area contributed by atoms with E-state index in [9.17, 15) is 14.9 Å². The van der Waals surface area contributed by atoms with Crippen LogP contribution in [0.1, 0.15) is 29.9 Å². The third-order valence-corrected chi connectivity index (χ3v) is 4.51. The van der Waals surface area contributed by atoms with E-state index in [2.05, 4.69) is 31.9 Å². The van der Waals surface area contributed by atoms with Crippen LogP contribution >= 0.6 is 28.4 Å². The van der Waals surface area contributed by atoms with Crippen molar-refractivity contribution in [2.24, 2.45) is 0 Å². The number of ether oxygens (including phenoxy) is 1. The smallest absolute Gasteiger partial charge is 0.338 e. The number of hydrogen-bond donors (Lipinski definition) is 0. The van der Waals surface area contributed by atoms with Gasteiger partial charge < -0.3 is 4.74 Å². The van der Waals surface area contributed by atoms with Gasteiger partial charge in [0.1, 0.15) is 5.39 Å². The lowest BCUT2D eigenvalue weighted by Gasteiger charge is -2.02. The van der Waals surface area contributed by atoms with Crippen molar-refractivity contribution >= 4 is 51.0 Å². The molecule has 0 aliphatic carbocycles. The Labute approximate surface area is 136 Å². The van der Waals surface area contributed by atoms with E-state index in [1.54, 1.807) is 17.4 Å². The summed E-state index contributed by atoms with van der Waals surface area (Å²) in [6, 6.07) is 2.79. The summed E-state index contributed by atoms with van der Waals surface area (Å²) in [5.74, 6) is -0.604. The molecule has 1 unspecified atom stereocenters. The van der Waals surface area contributed by atoms with E-state index in [1.165, 1.54) is 13.2 Å². The van der Waals surface area contributed by atoms with Gasteiger partial charge in [-0.25, -0.2) is 9.25 Å². The molecule has 7 nitrogen and oxygen atoms in total. The first-order valence-electron chi connectivity index (χ1n) is 6.12. The molecule has 0 aliphatic rings. The second kappa shape index (κ2) is 7.65. The van der Waals surface area contributed by atoms with Gasteiger partial charge in [0.25, 0.3) is 5.69 Å². The normalized spacial score (nSPS) is 10.5. The Morgan fingerprint density at radius 2 is 2.10 bits per heavy atom. The van der Waals surface area contributed by atoms with Gasteiger partial charge in [0, 0.05) is 6.07 Å². The zero-order valence-electron chi connectivity index (χ0n) is 12.0. The van der Waals surface area contributed by atoms with E-state index in [1.807, 2.05) is 13.8 Å². The zero-order valence-corrected chi connectivity index (χ0v) is 15.2. The molecule has 0 fully saturated rings. The molecule has 2 aromatic rings. The van der Waals surface area contributed by atoms with Crippen molar-refractivity contribution in [3.8, 4) is 0 Å². The number of esters is 1. The van der Waals surface area contributed by atoms with E-state index in [-0.39, 0.29) is 17.6 Å². The maximum absolute atomic E-state index is 11.6. The Hall–Kier alpha value is -1.28. The van der Waals surface area contributed by atoms with Crippen LogP contribution in [0.3, 0.4) is 0 Å². The predicted molar refractivity (Wildman–Crippen MR) is 91.5 cm³/mol. The minimum absolute atomic E-state index is 0.128. The Kier molecular flexibility index (Phi) is 6.47. The number of carbonyl (C=O) groups is 1. The summed E-state index contributed by atoms with van der Waals surface area (Å²) in [4.78, 5) is 22.2. The van der Waals surface area contributed by atoms with E-state index in [4.69, 9.17) is 0 Å². The largest absolute Gasteiger partial charge is 0.465 e. The van der Waals surface area contributed by atoms with Gasteiger partial charge >= 0.3 is 5.97 Å². The van der Waals surface area contributed by atoms with Crippen molar-refractivity contribution in [1.82, 2.24) is 9.55 Å². The second-order valence-electron chi connectivity index (χ2n) is 3.72. The molecule has 2 rings (SSSR count). The third-order valence-electron chi connectivity index (χ3n) is 2.63. The molecule has 0 saturated carbocycles. The van der Waals surface area contributed by atoms with Gasteiger partial charge in [-0.15, -0.1) is 0 Å². The molecule has 0 spiro atoms. The first kappa shape index (κ1) is 17.8. The van der Waals surface area contributed by atoms with Crippen LogP contribution in [0.5, 0.6) is 0 Å². The number of nitrogens with zero attached hydrogens (tertiary/aromatic N) is 3. The first-order valence-corrected chi connectivity index (χ1v) is 10.2. The lowest BCUT2D eigenvalue weighted by atomic mass is 10.1. The summed E-state index contributed by atoms with van der Waals surface area (Å²) in [6.07, 6.45) is 0.286. The highest BCUT2D eigenvalue weighted by Gasteiger charge is 2.22. The van der Waals surface area contributed by atoms with Gasteiger partial charge in [-0.3, -0.25) is 10.1 Å². The van der Waals surface area contributed by atoms with Crippen molar-refractivity contribution in [2.45, 2.75) is 20.8 Å². The second-order valence-corrected chi connectivity index (χ2v) is 5.76. The highest BCUT2D eigenvalue weighted by molar-refractivity contribution is 14.2. The molecule has 0 aliphatic heterocycles. The van der Waals surface area contributed by atoms with Crippen molar-refractivity contribution in [3.63, 3.8) is 0 Å². The highest BCUT2D eigenvalue weighted by Crippen LogP contribution is 2.35. The minimum atomic E-state index is -0.604. The zero-order chi connectivity index (χ0) is 16.2. The molecule has 0 bridgehead atoms. The number of aryl methyl sites for hydroxylation is 1. The monoisotopic (exact) mass is 423 g/mol. The average Bonchev–Trinajstić information content (AvgIpc) is 2.83. The van der Waals surface area contributed by atoms with Crippen molar-refractivity contribution in [2.75, 3.05) is 7.11 Å². The third kappa shape index (κ3) is 3.49. The molecule has 1 heterocycles. The topological polar surface area (TPSA) is 87.3 Å². The van der Waals surface area contributed by atoms with Gasteiger partial charge in [-0.1, -0.05) is 13.8 Å². The van der Waals surface area contributed by atoms with Crippen LogP contribution in [0, 0.1) is 17.0 Å². The summed E-state index contributed by atoms with van der Waals surface area (Å²) in [5, 5.41) is 15.8. The van der Waals surface area contributed by atoms with Gasteiger partial charge in [0.05, 0.1) is 35.2 Å². The van der Waals surface area contributed by atoms with E-state index >= 15 is 0 Å². The molecule has 1 aromatic carbocycles. The van der Waals surface area contributed by atoms with Gasteiger partial charge in [0.15, 0.2) is 0 Å². The highest BCUT2D eigenvalue weighted by atomic mass is 127. The lowest BCUT2D eigenvalue weighted by Crippen LogP contribution is -2.03. The summed E-state index contributed by atoms with van der Waals surface area (Å²) >= 11 is 2.12. The van der Waals surface area contributed by atoms with E-state index < -0.39 is 10.9 Å². The molecule has 1 atom stereocenters. The number of halogens is 1.